The number of rotatable bonds is 8. The Bertz CT molecular complexity index is 886. The molecule has 29 heavy (non-hydrogen) atoms. The topological polar surface area (TPSA) is 117 Å². The van der Waals surface area contributed by atoms with Crippen LogP contribution < -0.4 is 87.6 Å². The van der Waals surface area contributed by atoms with Crippen molar-refractivity contribution in [1.29, 1.82) is 0 Å². The maximum absolute atomic E-state index is 11.2. The smallest absolute Gasteiger partial charge is 0.780 e. The van der Waals surface area contributed by atoms with Crippen LogP contribution in [-0.2, 0) is 4.57 Å². The molecule has 0 bridgehead atoms. The first-order valence-corrected chi connectivity index (χ1v) is 9.06. The van der Waals surface area contributed by atoms with Gasteiger partial charge < -0.3 is 33.1 Å². The molecule has 2 aromatic carbocycles. The van der Waals surface area contributed by atoms with Crippen LogP contribution in [0.25, 0.3) is 12.2 Å². The molecule has 0 N–H and O–H groups in total. The second-order valence-corrected chi connectivity index (χ2v) is 6.32. The van der Waals surface area contributed by atoms with Gasteiger partial charge in [-0.1, -0.05) is 18.2 Å². The number of hydrogen-bond acceptors (Lipinski definition) is 8. The van der Waals surface area contributed by atoms with Gasteiger partial charge >= 0.3 is 59.1 Å². The Kier molecular flexibility index (Phi) is 12.4. The van der Waals surface area contributed by atoms with Gasteiger partial charge in [0.15, 0.2) is 17.8 Å². The number of aldehydes is 1. The first kappa shape index (κ1) is 28.2. The minimum atomic E-state index is -5.23. The Morgan fingerprint density at radius 3 is 1.72 bits per heavy atom. The summed E-state index contributed by atoms with van der Waals surface area (Å²) in [6.07, 6.45) is 3.99. The van der Waals surface area contributed by atoms with Crippen molar-refractivity contribution in [2.45, 2.75) is 0 Å². The van der Waals surface area contributed by atoms with Crippen LogP contribution in [0.3, 0.4) is 0 Å². The van der Waals surface area contributed by atoms with E-state index in [1.165, 1.54) is 33.5 Å². The summed E-state index contributed by atoms with van der Waals surface area (Å²) in [4.78, 5) is 33.0. The Labute approximate surface area is 213 Å². The maximum Gasteiger partial charge on any atom is 1.00 e. The molecule has 11 heteroatoms. The van der Waals surface area contributed by atoms with Gasteiger partial charge in [0.25, 0.3) is 0 Å². The third-order valence-corrected chi connectivity index (χ3v) is 3.97. The number of hydrogen-bond donors (Lipinski definition) is 0. The van der Waals surface area contributed by atoms with Crippen LogP contribution in [0.1, 0.15) is 21.5 Å². The molecule has 0 aromatic heterocycles. The first-order chi connectivity index (χ1) is 12.8. The van der Waals surface area contributed by atoms with Gasteiger partial charge in [0, 0.05) is 0 Å². The first-order valence-electron chi connectivity index (χ1n) is 7.60. The van der Waals surface area contributed by atoms with Crippen molar-refractivity contribution in [2.24, 2.45) is 0 Å². The number of carbonyl (C=O) groups is 1. The number of phosphoric acid groups is 1. The minimum absolute atomic E-state index is 0. The van der Waals surface area contributed by atoms with Gasteiger partial charge in [-0.25, -0.2) is 0 Å². The Hall–Kier alpha value is -0.800. The molecule has 2 aromatic rings. The van der Waals surface area contributed by atoms with E-state index in [0.29, 0.717) is 34.5 Å². The molecule has 0 amide bonds. The molecule has 0 saturated heterocycles. The molecule has 0 aliphatic heterocycles. The van der Waals surface area contributed by atoms with Crippen LogP contribution in [0.5, 0.6) is 23.0 Å². The third-order valence-electron chi connectivity index (χ3n) is 3.55. The van der Waals surface area contributed by atoms with E-state index in [2.05, 4.69) is 4.52 Å². The Morgan fingerprint density at radius 1 is 0.793 bits per heavy atom. The predicted molar refractivity (Wildman–Crippen MR) is 95.1 cm³/mol. The molecule has 0 heterocycles. The van der Waals surface area contributed by atoms with Crippen LogP contribution in [-0.4, -0.2) is 27.6 Å². The van der Waals surface area contributed by atoms with Gasteiger partial charge in [0.1, 0.15) is 19.3 Å². The van der Waals surface area contributed by atoms with Crippen molar-refractivity contribution in [3.63, 3.8) is 0 Å². The summed E-state index contributed by atoms with van der Waals surface area (Å²) in [5.41, 5.74) is 1.52. The zero-order chi connectivity index (χ0) is 20.0. The molecule has 2 rings (SSSR count). The second kappa shape index (κ2) is 12.8. The largest absolute Gasteiger partial charge is 1.00 e. The van der Waals surface area contributed by atoms with E-state index in [0.717, 1.165) is 0 Å². The zero-order valence-electron chi connectivity index (χ0n) is 16.8. The van der Waals surface area contributed by atoms with E-state index >= 15 is 0 Å². The molecule has 0 saturated carbocycles. The fraction of sp³-hybridized carbons (Fsp3) is 0.167. The van der Waals surface area contributed by atoms with Gasteiger partial charge in [-0.15, -0.1) is 0 Å². The molecule has 0 fully saturated rings. The number of ether oxygens (including phenoxy) is 3. The van der Waals surface area contributed by atoms with Gasteiger partial charge in [-0.2, -0.15) is 0 Å². The molecule has 8 nitrogen and oxygen atoms in total. The SMILES string of the molecule is COc1ccc(/C=C\c2cc(OC)c(C=O)c(OC)c2)cc1OP(=O)([O-])[O-].[Na+].[Na+]. The summed E-state index contributed by atoms with van der Waals surface area (Å²) >= 11 is 0. The summed E-state index contributed by atoms with van der Waals surface area (Å²) in [5, 5.41) is 0. The van der Waals surface area contributed by atoms with E-state index in [4.69, 9.17) is 14.2 Å². The molecule has 0 aliphatic rings. The molecule has 0 aliphatic carbocycles. The molecule has 0 unspecified atom stereocenters. The number of phosphoric ester groups is 1. The van der Waals surface area contributed by atoms with E-state index < -0.39 is 7.82 Å². The van der Waals surface area contributed by atoms with Crippen molar-refractivity contribution in [3.8, 4) is 23.0 Å². The summed E-state index contributed by atoms with van der Waals surface area (Å²) in [6.45, 7) is 0. The average molecular weight is 438 g/mol. The minimum Gasteiger partial charge on any atom is -0.780 e. The standard InChI is InChI=1S/C18H19O8P.2Na/c1-23-15-7-6-12(8-18(15)26-27(20,21)22)4-5-13-9-16(24-2)14(11-19)17(10-13)25-3;;/h4-11H,1-3H3,(H2,20,21,22);;/q;2*+1/p-2/b5-4-;;. The monoisotopic (exact) mass is 438 g/mol. The van der Waals surface area contributed by atoms with Crippen molar-refractivity contribution >= 4 is 26.3 Å². The van der Waals surface area contributed by atoms with Gasteiger partial charge in [-0.3, -0.25) is 4.79 Å². The Balaban J connectivity index is 0.00000392. The second-order valence-electron chi connectivity index (χ2n) is 5.24. The molecule has 0 radical (unpaired) electrons. The molecule has 144 valence electrons. The molecule has 0 spiro atoms. The maximum atomic E-state index is 11.2. The summed E-state index contributed by atoms with van der Waals surface area (Å²) in [5.74, 6) is 0.597. The number of benzene rings is 2. The van der Waals surface area contributed by atoms with E-state index in [9.17, 15) is 19.1 Å². The van der Waals surface area contributed by atoms with Crippen molar-refractivity contribution in [3.05, 3.63) is 47.0 Å². The van der Waals surface area contributed by atoms with Gasteiger partial charge in [-0.05, 0) is 35.4 Å². The summed E-state index contributed by atoms with van der Waals surface area (Å²) in [7, 11) is -1.03. The molecule has 0 atom stereocenters. The van der Waals surface area contributed by atoms with E-state index in [-0.39, 0.29) is 70.6 Å². The van der Waals surface area contributed by atoms with Crippen LogP contribution in [0.2, 0.25) is 0 Å². The van der Waals surface area contributed by atoms with Crippen LogP contribution in [0.4, 0.5) is 0 Å². The van der Waals surface area contributed by atoms with Gasteiger partial charge in [0.05, 0.1) is 26.9 Å². The number of carbonyl (C=O) groups excluding carboxylic acids is 1. The fourth-order valence-electron chi connectivity index (χ4n) is 2.35. The van der Waals surface area contributed by atoms with E-state index in [1.807, 2.05) is 0 Å². The van der Waals surface area contributed by atoms with Crippen molar-refractivity contribution in [1.82, 2.24) is 0 Å². The molecular formula is C18H17Na2O8P. The van der Waals surface area contributed by atoms with Crippen LogP contribution >= 0.6 is 7.82 Å². The number of methoxy groups -OCH3 is 3. The summed E-state index contributed by atoms with van der Waals surface area (Å²) in [6, 6.07) is 7.77. The van der Waals surface area contributed by atoms with Crippen molar-refractivity contribution in [2.75, 3.05) is 21.3 Å². The van der Waals surface area contributed by atoms with E-state index in [1.54, 1.807) is 30.4 Å². The van der Waals surface area contributed by atoms with Crippen molar-refractivity contribution < 1.29 is 97.0 Å². The normalized spacial score (nSPS) is 10.5. The predicted octanol–water partition coefficient (Wildman–Crippen LogP) is -4.09. The zero-order valence-corrected chi connectivity index (χ0v) is 21.7. The Morgan fingerprint density at radius 2 is 1.28 bits per heavy atom. The third kappa shape index (κ3) is 8.09. The van der Waals surface area contributed by atoms with Gasteiger partial charge in [0.2, 0.25) is 0 Å². The van der Waals surface area contributed by atoms with Crippen LogP contribution in [0, 0.1) is 0 Å². The average Bonchev–Trinajstić information content (AvgIpc) is 2.64. The molecular weight excluding hydrogens is 421 g/mol. The quantitative estimate of drug-likeness (QED) is 0.177. The van der Waals surface area contributed by atoms with Crippen LogP contribution in [0.15, 0.2) is 30.3 Å². The summed E-state index contributed by atoms with van der Waals surface area (Å²) < 4.78 is 30.7. The fourth-order valence-corrected chi connectivity index (χ4v) is 2.74.